The molecule has 1 amide bonds. The molecule has 1 aliphatic rings. The van der Waals surface area contributed by atoms with E-state index in [4.69, 9.17) is 4.74 Å². The van der Waals surface area contributed by atoms with Crippen LogP contribution in [0.3, 0.4) is 0 Å². The van der Waals surface area contributed by atoms with E-state index in [2.05, 4.69) is 35.3 Å². The summed E-state index contributed by atoms with van der Waals surface area (Å²) in [5.41, 5.74) is 2.90. The number of thioether (sulfide) groups is 1. The van der Waals surface area contributed by atoms with Gasteiger partial charge in [-0.3, -0.25) is 4.79 Å². The average Bonchev–Trinajstić information content (AvgIpc) is 2.66. The maximum atomic E-state index is 12.3. The van der Waals surface area contributed by atoms with Crippen molar-refractivity contribution in [3.05, 3.63) is 59.3 Å². The predicted molar refractivity (Wildman–Crippen MR) is 111 cm³/mol. The molecule has 6 heteroatoms. The van der Waals surface area contributed by atoms with Gasteiger partial charge in [-0.05, 0) is 49.4 Å². The summed E-state index contributed by atoms with van der Waals surface area (Å²) in [6, 6.07) is 11.8. The lowest BCUT2D eigenvalue weighted by Crippen LogP contribution is -2.45. The van der Waals surface area contributed by atoms with Crippen molar-refractivity contribution in [1.29, 1.82) is 0 Å². The lowest BCUT2D eigenvalue weighted by Gasteiger charge is -2.36. The van der Waals surface area contributed by atoms with Gasteiger partial charge in [0.15, 0.2) is 0 Å². The minimum Gasteiger partial charge on any atom is -0.372 e. The summed E-state index contributed by atoms with van der Waals surface area (Å²) in [5, 5.41) is 2.96. The number of rotatable bonds is 6. The molecule has 2 atom stereocenters. The normalized spacial score (nSPS) is 19.7. The molecular weight excluding hydrogens is 358 g/mol. The Balaban J connectivity index is 1.54. The number of carbonyl (C=O) groups is 1. The van der Waals surface area contributed by atoms with Crippen molar-refractivity contribution in [3.63, 3.8) is 0 Å². The van der Waals surface area contributed by atoms with E-state index in [1.165, 1.54) is 5.56 Å². The molecule has 1 aliphatic heterocycles. The van der Waals surface area contributed by atoms with E-state index in [0.717, 1.165) is 30.2 Å². The third-order valence-electron chi connectivity index (χ3n) is 4.53. The van der Waals surface area contributed by atoms with Crippen molar-refractivity contribution < 1.29 is 9.53 Å². The number of ether oxygens (including phenoxy) is 1. The topological polar surface area (TPSA) is 54.5 Å². The first-order chi connectivity index (χ1) is 13.0. The number of carbonyl (C=O) groups excluding carboxylic acids is 1. The van der Waals surface area contributed by atoms with Crippen LogP contribution in [0.4, 0.5) is 5.82 Å². The number of hydrogen-bond acceptors (Lipinski definition) is 5. The Morgan fingerprint density at radius 3 is 2.41 bits per heavy atom. The standard InChI is InChI=1S/C21H27N3O2S/c1-15-12-24(13-16(2)26-15)20-9-6-18(10-22-20)11-23-21(25)19-7-4-17(5-8-19)14-27-3/h4-10,15-16H,11-14H2,1-3H3,(H,23,25)/t15-,16+. The zero-order valence-electron chi connectivity index (χ0n) is 16.1. The van der Waals surface area contributed by atoms with Crippen LogP contribution in [-0.4, -0.2) is 42.4 Å². The number of aromatic nitrogens is 1. The number of pyridine rings is 1. The number of nitrogens with zero attached hydrogens (tertiary/aromatic N) is 2. The first-order valence-electron chi connectivity index (χ1n) is 9.26. The van der Waals surface area contributed by atoms with Gasteiger partial charge in [0, 0.05) is 37.1 Å². The Labute approximate surface area is 165 Å². The van der Waals surface area contributed by atoms with E-state index in [1.807, 2.05) is 42.6 Å². The van der Waals surface area contributed by atoms with Crippen molar-refractivity contribution in [1.82, 2.24) is 10.3 Å². The molecule has 0 aliphatic carbocycles. The van der Waals surface area contributed by atoms with Crippen molar-refractivity contribution in [2.75, 3.05) is 24.2 Å². The molecule has 3 rings (SSSR count). The lowest BCUT2D eigenvalue weighted by atomic mass is 10.1. The smallest absolute Gasteiger partial charge is 0.251 e. The summed E-state index contributed by atoms with van der Waals surface area (Å²) in [7, 11) is 0. The molecule has 0 unspecified atom stereocenters. The fourth-order valence-corrected chi connectivity index (χ4v) is 3.80. The van der Waals surface area contributed by atoms with E-state index in [-0.39, 0.29) is 18.1 Å². The number of amides is 1. The summed E-state index contributed by atoms with van der Waals surface area (Å²) in [6.07, 6.45) is 4.32. The maximum Gasteiger partial charge on any atom is 0.251 e. The van der Waals surface area contributed by atoms with Crippen LogP contribution in [0.15, 0.2) is 42.6 Å². The third kappa shape index (κ3) is 5.47. The molecule has 1 aromatic carbocycles. The summed E-state index contributed by atoms with van der Waals surface area (Å²) in [6.45, 7) is 6.33. The highest BCUT2D eigenvalue weighted by Gasteiger charge is 2.22. The highest BCUT2D eigenvalue weighted by Crippen LogP contribution is 2.18. The molecule has 5 nitrogen and oxygen atoms in total. The second kappa shape index (κ2) is 9.24. The second-order valence-electron chi connectivity index (χ2n) is 7.00. The molecule has 0 spiro atoms. The molecule has 1 saturated heterocycles. The molecule has 0 radical (unpaired) electrons. The van der Waals surface area contributed by atoms with Crippen molar-refractivity contribution in [2.24, 2.45) is 0 Å². The number of benzene rings is 1. The predicted octanol–water partition coefficient (Wildman–Crippen LogP) is 3.49. The Morgan fingerprint density at radius 1 is 1.15 bits per heavy atom. The van der Waals surface area contributed by atoms with Gasteiger partial charge in [0.2, 0.25) is 0 Å². The van der Waals surface area contributed by atoms with E-state index in [1.54, 1.807) is 11.8 Å². The first-order valence-corrected chi connectivity index (χ1v) is 10.7. The number of hydrogen-bond donors (Lipinski definition) is 1. The second-order valence-corrected chi connectivity index (χ2v) is 7.87. The van der Waals surface area contributed by atoms with E-state index in [0.29, 0.717) is 12.1 Å². The summed E-state index contributed by atoms with van der Waals surface area (Å²) in [5.74, 6) is 1.85. The minimum atomic E-state index is -0.0643. The van der Waals surface area contributed by atoms with Crippen molar-refractivity contribution in [2.45, 2.75) is 38.4 Å². The van der Waals surface area contributed by atoms with Crippen LogP contribution >= 0.6 is 11.8 Å². The number of morpholine rings is 1. The van der Waals surface area contributed by atoms with Gasteiger partial charge in [-0.25, -0.2) is 4.98 Å². The van der Waals surface area contributed by atoms with Gasteiger partial charge in [-0.2, -0.15) is 11.8 Å². The van der Waals surface area contributed by atoms with E-state index >= 15 is 0 Å². The van der Waals surface area contributed by atoms with Crippen LogP contribution in [0.5, 0.6) is 0 Å². The van der Waals surface area contributed by atoms with Crippen molar-refractivity contribution >= 4 is 23.5 Å². The third-order valence-corrected chi connectivity index (χ3v) is 5.15. The summed E-state index contributed by atoms with van der Waals surface area (Å²) >= 11 is 1.77. The molecule has 1 aromatic heterocycles. The SMILES string of the molecule is CSCc1ccc(C(=O)NCc2ccc(N3C[C@@H](C)O[C@@H](C)C3)nc2)cc1. The Kier molecular flexibility index (Phi) is 6.74. The summed E-state index contributed by atoms with van der Waals surface area (Å²) < 4.78 is 5.77. The largest absolute Gasteiger partial charge is 0.372 e. The Bertz CT molecular complexity index is 739. The van der Waals surface area contributed by atoms with Gasteiger partial charge < -0.3 is 15.0 Å². The van der Waals surface area contributed by atoms with Crippen LogP contribution in [0.25, 0.3) is 0 Å². The Morgan fingerprint density at radius 2 is 1.81 bits per heavy atom. The van der Waals surface area contributed by atoms with Gasteiger partial charge >= 0.3 is 0 Å². The number of anilines is 1. The zero-order valence-corrected chi connectivity index (χ0v) is 17.0. The van der Waals surface area contributed by atoms with Gasteiger partial charge in [-0.1, -0.05) is 18.2 Å². The van der Waals surface area contributed by atoms with Crippen LogP contribution in [-0.2, 0) is 17.0 Å². The molecule has 2 aromatic rings. The van der Waals surface area contributed by atoms with Gasteiger partial charge in [0.25, 0.3) is 5.91 Å². The van der Waals surface area contributed by atoms with Gasteiger partial charge in [0.1, 0.15) is 5.82 Å². The molecule has 144 valence electrons. The monoisotopic (exact) mass is 385 g/mol. The lowest BCUT2D eigenvalue weighted by molar-refractivity contribution is -0.00546. The molecule has 0 bridgehead atoms. The quantitative estimate of drug-likeness (QED) is 0.825. The van der Waals surface area contributed by atoms with Crippen LogP contribution < -0.4 is 10.2 Å². The Hall–Kier alpha value is -2.05. The van der Waals surface area contributed by atoms with Crippen LogP contribution in [0, 0.1) is 0 Å². The van der Waals surface area contributed by atoms with Gasteiger partial charge in [-0.15, -0.1) is 0 Å². The number of nitrogens with one attached hydrogen (secondary N) is 1. The summed E-state index contributed by atoms with van der Waals surface area (Å²) in [4.78, 5) is 19.1. The molecule has 2 heterocycles. The van der Waals surface area contributed by atoms with Crippen molar-refractivity contribution in [3.8, 4) is 0 Å². The fraction of sp³-hybridized carbons (Fsp3) is 0.429. The molecule has 0 saturated carbocycles. The maximum absolute atomic E-state index is 12.3. The molecular formula is C21H27N3O2S. The minimum absolute atomic E-state index is 0.0643. The fourth-order valence-electron chi connectivity index (χ4n) is 3.28. The van der Waals surface area contributed by atoms with Crippen LogP contribution in [0.2, 0.25) is 0 Å². The van der Waals surface area contributed by atoms with E-state index < -0.39 is 0 Å². The van der Waals surface area contributed by atoms with E-state index in [9.17, 15) is 4.79 Å². The average molecular weight is 386 g/mol. The first kappa shape index (κ1) is 19.7. The van der Waals surface area contributed by atoms with Gasteiger partial charge in [0.05, 0.1) is 12.2 Å². The molecule has 1 N–H and O–H groups in total. The van der Waals surface area contributed by atoms with Crippen LogP contribution in [0.1, 0.15) is 35.3 Å². The highest BCUT2D eigenvalue weighted by molar-refractivity contribution is 7.97. The molecule has 1 fully saturated rings. The molecule has 27 heavy (non-hydrogen) atoms. The zero-order chi connectivity index (χ0) is 19.2. The highest BCUT2D eigenvalue weighted by atomic mass is 32.2.